The number of nitrogens with one attached hydrogen (secondary N) is 1. The van der Waals surface area contributed by atoms with Gasteiger partial charge in [0, 0.05) is 23.0 Å². The Morgan fingerprint density at radius 2 is 1.92 bits per heavy atom. The van der Waals surface area contributed by atoms with E-state index in [1.165, 1.54) is 6.08 Å². The molecule has 126 valence electrons. The number of hydrogen-bond acceptors (Lipinski definition) is 3. The van der Waals surface area contributed by atoms with Crippen molar-refractivity contribution >= 4 is 34.5 Å². The second-order valence-corrected chi connectivity index (χ2v) is 5.91. The second kappa shape index (κ2) is 7.81. The Kier molecular flexibility index (Phi) is 5.31. The number of halogens is 1. The number of rotatable bonds is 5. The van der Waals surface area contributed by atoms with Crippen molar-refractivity contribution in [1.82, 2.24) is 10.3 Å². The van der Waals surface area contributed by atoms with Crippen LogP contribution in [-0.2, 0) is 11.3 Å². The van der Waals surface area contributed by atoms with E-state index in [0.717, 1.165) is 22.2 Å². The molecule has 0 aliphatic rings. The maximum atomic E-state index is 12.0. The zero-order valence-electron chi connectivity index (χ0n) is 13.7. The highest BCUT2D eigenvalue weighted by atomic mass is 35.5. The Morgan fingerprint density at radius 1 is 1.16 bits per heavy atom. The summed E-state index contributed by atoms with van der Waals surface area (Å²) in [5.74, 6) is 0.612. The van der Waals surface area contributed by atoms with Crippen LogP contribution in [0.1, 0.15) is 11.3 Å². The molecule has 1 N–H and O–H groups in total. The second-order valence-electron chi connectivity index (χ2n) is 5.47. The van der Waals surface area contributed by atoms with Crippen molar-refractivity contribution in [1.29, 1.82) is 0 Å². The van der Waals surface area contributed by atoms with E-state index in [4.69, 9.17) is 16.3 Å². The smallest absolute Gasteiger partial charge is 0.244 e. The summed E-state index contributed by atoms with van der Waals surface area (Å²) >= 11 is 5.99. The minimum Gasteiger partial charge on any atom is -0.497 e. The largest absolute Gasteiger partial charge is 0.497 e. The standard InChI is InChI=1S/C20H17ClN2O2/c1-25-18-9-2-14(3-10-18)13-22-20(24)11-8-17-7-5-15-4-6-16(21)12-19(15)23-17/h2-12H,13H2,1H3,(H,22,24). The third-order valence-electron chi connectivity index (χ3n) is 3.71. The summed E-state index contributed by atoms with van der Waals surface area (Å²) in [5, 5.41) is 4.48. The van der Waals surface area contributed by atoms with E-state index in [-0.39, 0.29) is 5.91 Å². The number of carbonyl (C=O) groups excluding carboxylic acids is 1. The fourth-order valence-electron chi connectivity index (χ4n) is 2.35. The van der Waals surface area contributed by atoms with Crippen LogP contribution in [0, 0.1) is 0 Å². The number of pyridine rings is 1. The van der Waals surface area contributed by atoms with Gasteiger partial charge in [-0.3, -0.25) is 4.79 Å². The molecule has 0 radical (unpaired) electrons. The van der Waals surface area contributed by atoms with Gasteiger partial charge in [-0.1, -0.05) is 35.9 Å². The van der Waals surface area contributed by atoms with Crippen LogP contribution in [-0.4, -0.2) is 18.0 Å². The summed E-state index contributed by atoms with van der Waals surface area (Å²) in [4.78, 5) is 16.4. The lowest BCUT2D eigenvalue weighted by Gasteiger charge is -2.04. The quantitative estimate of drug-likeness (QED) is 0.699. The lowest BCUT2D eigenvalue weighted by Crippen LogP contribution is -2.20. The molecule has 0 unspecified atom stereocenters. The number of ether oxygens (including phenoxy) is 1. The van der Waals surface area contributed by atoms with Crippen LogP contribution in [0.5, 0.6) is 5.75 Å². The number of amides is 1. The summed E-state index contributed by atoms with van der Waals surface area (Å²) in [7, 11) is 1.62. The molecule has 0 saturated carbocycles. The van der Waals surface area contributed by atoms with Gasteiger partial charge < -0.3 is 10.1 Å². The highest BCUT2D eigenvalue weighted by Gasteiger charge is 2.00. The molecule has 0 fully saturated rings. The molecule has 3 rings (SSSR count). The molecule has 0 aliphatic heterocycles. The molecule has 4 nitrogen and oxygen atoms in total. The topological polar surface area (TPSA) is 51.2 Å². The third kappa shape index (κ3) is 4.58. The molecule has 5 heteroatoms. The summed E-state index contributed by atoms with van der Waals surface area (Å²) < 4.78 is 5.11. The highest BCUT2D eigenvalue weighted by Crippen LogP contribution is 2.18. The number of benzene rings is 2. The van der Waals surface area contributed by atoms with Crippen molar-refractivity contribution in [2.45, 2.75) is 6.54 Å². The minimum absolute atomic E-state index is 0.177. The number of hydrogen-bond donors (Lipinski definition) is 1. The molecule has 1 amide bonds. The highest BCUT2D eigenvalue weighted by molar-refractivity contribution is 6.31. The van der Waals surface area contributed by atoms with Crippen molar-refractivity contribution in [2.75, 3.05) is 7.11 Å². The third-order valence-corrected chi connectivity index (χ3v) is 3.94. The van der Waals surface area contributed by atoms with E-state index in [0.29, 0.717) is 17.3 Å². The van der Waals surface area contributed by atoms with Crippen LogP contribution in [0.15, 0.2) is 60.7 Å². The van der Waals surface area contributed by atoms with E-state index in [1.54, 1.807) is 19.3 Å². The first-order valence-corrected chi connectivity index (χ1v) is 8.17. The molecule has 0 bridgehead atoms. The van der Waals surface area contributed by atoms with E-state index < -0.39 is 0 Å². The molecule has 0 saturated heterocycles. The van der Waals surface area contributed by atoms with Crippen LogP contribution in [0.25, 0.3) is 17.0 Å². The Morgan fingerprint density at radius 3 is 2.68 bits per heavy atom. The number of fused-ring (bicyclic) bond motifs is 1. The fraction of sp³-hybridized carbons (Fsp3) is 0.100. The Hall–Kier alpha value is -2.85. The van der Waals surface area contributed by atoms with Gasteiger partial charge >= 0.3 is 0 Å². The Balaban J connectivity index is 1.61. The molecule has 1 aromatic heterocycles. The molecule has 25 heavy (non-hydrogen) atoms. The first kappa shape index (κ1) is 17.0. The van der Waals surface area contributed by atoms with Crippen molar-refractivity contribution in [3.05, 3.63) is 77.0 Å². The van der Waals surface area contributed by atoms with Gasteiger partial charge in [0.05, 0.1) is 18.3 Å². The average molecular weight is 353 g/mol. The average Bonchev–Trinajstić information content (AvgIpc) is 2.64. The van der Waals surface area contributed by atoms with Gasteiger partial charge in [0.1, 0.15) is 5.75 Å². The van der Waals surface area contributed by atoms with Crippen LogP contribution < -0.4 is 10.1 Å². The SMILES string of the molecule is COc1ccc(CNC(=O)C=Cc2ccc3ccc(Cl)cc3n2)cc1. The first-order chi connectivity index (χ1) is 12.1. The predicted molar refractivity (Wildman–Crippen MR) is 101 cm³/mol. The maximum absolute atomic E-state index is 12.0. The maximum Gasteiger partial charge on any atom is 0.244 e. The van der Waals surface area contributed by atoms with E-state index in [1.807, 2.05) is 48.5 Å². The van der Waals surface area contributed by atoms with E-state index in [9.17, 15) is 4.79 Å². The van der Waals surface area contributed by atoms with Crippen molar-refractivity contribution < 1.29 is 9.53 Å². The normalized spacial score (nSPS) is 11.0. The van der Waals surface area contributed by atoms with Crippen molar-refractivity contribution in [3.8, 4) is 5.75 Å². The molecule has 3 aromatic rings. The molecular weight excluding hydrogens is 336 g/mol. The number of aromatic nitrogens is 1. The van der Waals surface area contributed by atoms with Gasteiger partial charge in [-0.25, -0.2) is 4.98 Å². The lowest BCUT2D eigenvalue weighted by atomic mass is 10.2. The molecule has 0 atom stereocenters. The van der Waals surface area contributed by atoms with Gasteiger partial charge in [-0.2, -0.15) is 0 Å². The minimum atomic E-state index is -0.177. The van der Waals surface area contributed by atoms with Gasteiger partial charge in [-0.15, -0.1) is 0 Å². The van der Waals surface area contributed by atoms with Crippen LogP contribution in [0.2, 0.25) is 5.02 Å². The predicted octanol–water partition coefficient (Wildman–Crippen LogP) is 4.23. The van der Waals surface area contributed by atoms with Gasteiger partial charge in [0.15, 0.2) is 0 Å². The Bertz CT molecular complexity index is 921. The van der Waals surface area contributed by atoms with Crippen molar-refractivity contribution in [3.63, 3.8) is 0 Å². The molecule has 0 spiro atoms. The van der Waals surface area contributed by atoms with Crippen LogP contribution in [0.4, 0.5) is 0 Å². The zero-order valence-corrected chi connectivity index (χ0v) is 14.5. The van der Waals surface area contributed by atoms with Crippen LogP contribution >= 0.6 is 11.6 Å². The van der Waals surface area contributed by atoms with E-state index in [2.05, 4.69) is 10.3 Å². The first-order valence-electron chi connectivity index (χ1n) is 7.79. The lowest BCUT2D eigenvalue weighted by molar-refractivity contribution is -0.116. The van der Waals surface area contributed by atoms with Gasteiger partial charge in [0.25, 0.3) is 0 Å². The van der Waals surface area contributed by atoms with E-state index >= 15 is 0 Å². The fourth-order valence-corrected chi connectivity index (χ4v) is 2.52. The number of methoxy groups -OCH3 is 1. The zero-order chi connectivity index (χ0) is 17.6. The summed E-state index contributed by atoms with van der Waals surface area (Å²) in [5.41, 5.74) is 2.50. The molecule has 0 aliphatic carbocycles. The summed E-state index contributed by atoms with van der Waals surface area (Å²) in [6.45, 7) is 0.452. The Labute approximate surface area is 151 Å². The summed E-state index contributed by atoms with van der Waals surface area (Å²) in [6, 6.07) is 16.9. The number of carbonyl (C=O) groups is 1. The van der Waals surface area contributed by atoms with Crippen LogP contribution in [0.3, 0.4) is 0 Å². The van der Waals surface area contributed by atoms with Gasteiger partial charge in [0.2, 0.25) is 5.91 Å². The molecule has 1 heterocycles. The molecular formula is C20H17ClN2O2. The van der Waals surface area contributed by atoms with Gasteiger partial charge in [-0.05, 0) is 42.0 Å². The summed E-state index contributed by atoms with van der Waals surface area (Å²) in [6.07, 6.45) is 3.16. The monoisotopic (exact) mass is 352 g/mol. The molecule has 2 aromatic carbocycles. The van der Waals surface area contributed by atoms with Crippen molar-refractivity contribution in [2.24, 2.45) is 0 Å². The number of nitrogens with zero attached hydrogens (tertiary/aromatic N) is 1.